The fourth-order valence-corrected chi connectivity index (χ4v) is 8.45. The van der Waals surface area contributed by atoms with E-state index in [0.29, 0.717) is 6.54 Å². The maximum absolute atomic E-state index is 14.3. The summed E-state index contributed by atoms with van der Waals surface area (Å²) < 4.78 is 2.28. The second kappa shape index (κ2) is 8.19. The van der Waals surface area contributed by atoms with Gasteiger partial charge in [0.05, 0.1) is 18.3 Å². The number of nitrogens with zero attached hydrogens (tertiary/aromatic N) is 2. The molecule has 4 aliphatic carbocycles. The smallest absolute Gasteiger partial charge is 0.318 e. The van der Waals surface area contributed by atoms with Gasteiger partial charge in [0.25, 0.3) is 0 Å². The standard InChI is InChI=1S/C30H33N3OS/c1-35-25-10-8-23(9-11-25)28-27-7-4-12-32(27)26-6-3-2-5-24(26)19-33(28)29(34)31-30-16-20-13-21(17-30)15-22(14-20)18-30/h2-12,20-22,28H,13-19H2,1H3,(H,31,34)/t20?,21?,22?,28-,30?/m1/s1. The Morgan fingerprint density at radius 2 is 1.60 bits per heavy atom. The van der Waals surface area contributed by atoms with Gasteiger partial charge >= 0.3 is 6.03 Å². The summed E-state index contributed by atoms with van der Waals surface area (Å²) in [6.07, 6.45) is 11.9. The number of carbonyl (C=O) groups excluding carboxylic acids is 1. The van der Waals surface area contributed by atoms with Gasteiger partial charge in [-0.2, -0.15) is 0 Å². The molecule has 3 aromatic rings. The van der Waals surface area contributed by atoms with Crippen LogP contribution in [0.4, 0.5) is 4.79 Å². The highest BCUT2D eigenvalue weighted by molar-refractivity contribution is 7.98. The number of rotatable bonds is 3. The molecule has 1 aliphatic heterocycles. The molecule has 4 bridgehead atoms. The summed E-state index contributed by atoms with van der Waals surface area (Å²) in [5.41, 5.74) is 4.66. The number of amides is 2. The van der Waals surface area contributed by atoms with Crippen LogP contribution < -0.4 is 5.32 Å². The van der Waals surface area contributed by atoms with E-state index in [9.17, 15) is 4.79 Å². The molecule has 35 heavy (non-hydrogen) atoms. The molecule has 4 saturated carbocycles. The van der Waals surface area contributed by atoms with Gasteiger partial charge in [0.1, 0.15) is 0 Å². The first-order valence-electron chi connectivity index (χ1n) is 13.1. The highest BCUT2D eigenvalue weighted by Gasteiger charge is 2.52. The lowest BCUT2D eigenvalue weighted by Gasteiger charge is -2.57. The van der Waals surface area contributed by atoms with Crippen molar-refractivity contribution < 1.29 is 4.79 Å². The number of nitrogens with one attached hydrogen (secondary N) is 1. The third-order valence-electron chi connectivity index (χ3n) is 9.07. The van der Waals surface area contributed by atoms with Crippen LogP contribution in [0.2, 0.25) is 0 Å². The van der Waals surface area contributed by atoms with Gasteiger partial charge in [-0.05, 0) is 104 Å². The number of para-hydroxylation sites is 1. The van der Waals surface area contributed by atoms with Crippen LogP contribution in [0.25, 0.3) is 5.69 Å². The third-order valence-corrected chi connectivity index (χ3v) is 9.81. The Labute approximate surface area is 212 Å². The van der Waals surface area contributed by atoms with E-state index >= 15 is 0 Å². The largest absolute Gasteiger partial charge is 0.332 e. The van der Waals surface area contributed by atoms with Gasteiger partial charge in [0.15, 0.2) is 0 Å². The number of fused-ring (bicyclic) bond motifs is 3. The average Bonchev–Trinajstić information content (AvgIpc) is 3.27. The normalized spacial score (nSPS) is 30.5. The minimum Gasteiger partial charge on any atom is -0.332 e. The fraction of sp³-hybridized carbons (Fsp3) is 0.433. The van der Waals surface area contributed by atoms with E-state index < -0.39 is 0 Å². The highest BCUT2D eigenvalue weighted by atomic mass is 32.2. The topological polar surface area (TPSA) is 37.3 Å². The molecule has 8 rings (SSSR count). The molecule has 1 N–H and O–H groups in total. The summed E-state index contributed by atoms with van der Waals surface area (Å²) >= 11 is 1.75. The molecule has 0 radical (unpaired) electrons. The van der Waals surface area contributed by atoms with Crippen molar-refractivity contribution in [3.8, 4) is 5.69 Å². The zero-order valence-corrected chi connectivity index (χ0v) is 21.1. The van der Waals surface area contributed by atoms with Crippen molar-refractivity contribution in [1.29, 1.82) is 0 Å². The van der Waals surface area contributed by atoms with E-state index in [0.717, 1.165) is 29.0 Å². The van der Waals surface area contributed by atoms with Crippen LogP contribution in [-0.4, -0.2) is 27.3 Å². The molecule has 1 atom stereocenters. The number of benzene rings is 2. The van der Waals surface area contributed by atoms with Gasteiger partial charge in [-0.3, -0.25) is 0 Å². The molecule has 0 unspecified atom stereocenters. The Morgan fingerprint density at radius 3 is 2.29 bits per heavy atom. The van der Waals surface area contributed by atoms with Crippen molar-refractivity contribution >= 4 is 17.8 Å². The van der Waals surface area contributed by atoms with E-state index in [2.05, 4.69) is 87.9 Å². The van der Waals surface area contributed by atoms with Gasteiger partial charge in [-0.15, -0.1) is 11.8 Å². The van der Waals surface area contributed by atoms with Crippen molar-refractivity contribution in [1.82, 2.24) is 14.8 Å². The van der Waals surface area contributed by atoms with Gasteiger partial charge in [-0.25, -0.2) is 4.79 Å². The predicted molar refractivity (Wildman–Crippen MR) is 141 cm³/mol. The first-order chi connectivity index (χ1) is 17.1. The van der Waals surface area contributed by atoms with Crippen molar-refractivity contribution in [3.63, 3.8) is 0 Å². The van der Waals surface area contributed by atoms with E-state index in [-0.39, 0.29) is 17.6 Å². The quantitative estimate of drug-likeness (QED) is 0.417. The average molecular weight is 484 g/mol. The van der Waals surface area contributed by atoms with Crippen LogP contribution in [-0.2, 0) is 6.54 Å². The maximum atomic E-state index is 14.3. The molecule has 2 amide bonds. The number of carbonyl (C=O) groups is 1. The molecule has 180 valence electrons. The van der Waals surface area contributed by atoms with Crippen molar-refractivity contribution in [2.45, 2.75) is 61.5 Å². The molecule has 2 aromatic carbocycles. The van der Waals surface area contributed by atoms with Crippen molar-refractivity contribution in [2.75, 3.05) is 6.26 Å². The lowest BCUT2D eigenvalue weighted by atomic mass is 9.53. The first kappa shape index (κ1) is 21.6. The van der Waals surface area contributed by atoms with Crippen LogP contribution >= 0.6 is 11.8 Å². The molecular formula is C30H33N3OS. The van der Waals surface area contributed by atoms with Crippen LogP contribution in [0.1, 0.15) is 61.4 Å². The van der Waals surface area contributed by atoms with E-state index in [1.165, 1.54) is 54.7 Å². The number of thioether (sulfide) groups is 1. The Kier molecular flexibility index (Phi) is 5.06. The maximum Gasteiger partial charge on any atom is 0.318 e. The van der Waals surface area contributed by atoms with Crippen molar-refractivity contribution in [2.24, 2.45) is 17.8 Å². The molecule has 1 aromatic heterocycles. The van der Waals surface area contributed by atoms with Gasteiger partial charge < -0.3 is 14.8 Å². The minimum atomic E-state index is -0.137. The Balaban J connectivity index is 1.30. The monoisotopic (exact) mass is 483 g/mol. The lowest BCUT2D eigenvalue weighted by molar-refractivity contribution is -0.0163. The van der Waals surface area contributed by atoms with Crippen LogP contribution in [0.5, 0.6) is 0 Å². The second-order valence-electron chi connectivity index (χ2n) is 11.4. The lowest BCUT2D eigenvalue weighted by Crippen LogP contribution is -2.62. The van der Waals surface area contributed by atoms with Gasteiger partial charge in [-0.1, -0.05) is 30.3 Å². The van der Waals surface area contributed by atoms with Gasteiger partial charge in [0, 0.05) is 22.3 Å². The van der Waals surface area contributed by atoms with E-state index in [1.807, 2.05) is 0 Å². The summed E-state index contributed by atoms with van der Waals surface area (Å²) in [7, 11) is 0. The van der Waals surface area contributed by atoms with E-state index in [1.54, 1.807) is 11.8 Å². The predicted octanol–water partition coefficient (Wildman–Crippen LogP) is 6.78. The number of aromatic nitrogens is 1. The van der Waals surface area contributed by atoms with Gasteiger partial charge in [0.2, 0.25) is 0 Å². The zero-order chi connectivity index (χ0) is 23.6. The Hall–Kier alpha value is -2.66. The van der Waals surface area contributed by atoms with Crippen LogP contribution in [0, 0.1) is 17.8 Å². The SMILES string of the molecule is CSc1ccc([C@@H]2c3cccn3-c3ccccc3CN2C(=O)NC23CC4CC(CC(C4)C2)C3)cc1. The number of hydrogen-bond donors (Lipinski definition) is 1. The summed E-state index contributed by atoms with van der Waals surface area (Å²) in [6, 6.07) is 21.5. The molecule has 0 spiro atoms. The van der Waals surface area contributed by atoms with E-state index in [4.69, 9.17) is 0 Å². The summed E-state index contributed by atoms with van der Waals surface area (Å²) in [4.78, 5) is 17.6. The van der Waals surface area contributed by atoms with Crippen LogP contribution in [0.15, 0.2) is 71.8 Å². The first-order valence-corrected chi connectivity index (χ1v) is 14.3. The van der Waals surface area contributed by atoms with Crippen LogP contribution in [0.3, 0.4) is 0 Å². The Morgan fingerprint density at radius 1 is 0.914 bits per heavy atom. The second-order valence-corrected chi connectivity index (χ2v) is 12.2. The number of hydrogen-bond acceptors (Lipinski definition) is 2. The molecular weight excluding hydrogens is 450 g/mol. The molecule has 2 heterocycles. The third kappa shape index (κ3) is 3.62. The number of urea groups is 1. The molecule has 4 nitrogen and oxygen atoms in total. The molecule has 4 fully saturated rings. The Bertz CT molecular complexity index is 1230. The zero-order valence-electron chi connectivity index (χ0n) is 20.3. The molecule has 5 heteroatoms. The molecule has 5 aliphatic rings. The van der Waals surface area contributed by atoms with Crippen molar-refractivity contribution in [3.05, 3.63) is 83.7 Å². The fourth-order valence-electron chi connectivity index (χ4n) is 8.04. The summed E-state index contributed by atoms with van der Waals surface area (Å²) in [6.45, 7) is 0.602. The minimum absolute atomic E-state index is 0.00704. The molecule has 0 saturated heterocycles. The summed E-state index contributed by atoms with van der Waals surface area (Å²) in [5, 5.41) is 3.67. The summed E-state index contributed by atoms with van der Waals surface area (Å²) in [5.74, 6) is 2.41. The highest BCUT2D eigenvalue weighted by Crippen LogP contribution is 2.55.